The summed E-state index contributed by atoms with van der Waals surface area (Å²) in [6, 6.07) is 6.49. The van der Waals surface area contributed by atoms with Crippen LogP contribution in [0.3, 0.4) is 0 Å². The molecule has 104 valence electrons. The Kier molecular flexibility index (Phi) is 5.34. The summed E-state index contributed by atoms with van der Waals surface area (Å²) in [7, 11) is 0. The second-order valence-electron chi connectivity index (χ2n) is 3.55. The van der Waals surface area contributed by atoms with Gasteiger partial charge in [0.25, 0.3) is 5.91 Å². The zero-order valence-electron chi connectivity index (χ0n) is 9.55. The van der Waals surface area contributed by atoms with Crippen LogP contribution in [0.1, 0.15) is 10.4 Å². The molecule has 0 aromatic heterocycles. The molecule has 1 rings (SSSR count). The molecule has 0 fully saturated rings. The summed E-state index contributed by atoms with van der Waals surface area (Å²) in [4.78, 5) is 22.7. The molecule has 4 nitrogen and oxygen atoms in total. The van der Waals surface area contributed by atoms with Crippen LogP contribution in [0.15, 0.2) is 28.7 Å². The molecule has 1 aromatic rings. The molecule has 8 heteroatoms. The van der Waals surface area contributed by atoms with Gasteiger partial charge in [0.2, 0.25) is 5.91 Å². The van der Waals surface area contributed by atoms with Crippen LogP contribution in [0.2, 0.25) is 0 Å². The van der Waals surface area contributed by atoms with Crippen LogP contribution in [-0.2, 0) is 4.79 Å². The third kappa shape index (κ3) is 5.73. The van der Waals surface area contributed by atoms with E-state index in [-0.39, 0.29) is 0 Å². The first-order valence-corrected chi connectivity index (χ1v) is 5.95. The van der Waals surface area contributed by atoms with Gasteiger partial charge in [0.1, 0.15) is 6.54 Å². The van der Waals surface area contributed by atoms with E-state index in [1.54, 1.807) is 23.5 Å². The molecule has 2 amide bonds. The van der Waals surface area contributed by atoms with Gasteiger partial charge in [0.05, 0.1) is 12.1 Å². The minimum atomic E-state index is -4.47. The van der Waals surface area contributed by atoms with Crippen molar-refractivity contribution in [3.05, 3.63) is 34.3 Å². The molecule has 0 saturated heterocycles. The number of carbonyl (C=O) groups excluding carboxylic acids is 2. The second-order valence-corrected chi connectivity index (χ2v) is 4.41. The first-order valence-electron chi connectivity index (χ1n) is 5.16. The number of benzene rings is 1. The van der Waals surface area contributed by atoms with E-state index in [9.17, 15) is 22.8 Å². The van der Waals surface area contributed by atoms with Gasteiger partial charge in [-0.3, -0.25) is 9.59 Å². The normalized spacial score (nSPS) is 10.9. The Bertz CT molecular complexity index is 477. The van der Waals surface area contributed by atoms with Gasteiger partial charge in [-0.2, -0.15) is 13.2 Å². The van der Waals surface area contributed by atoms with E-state index in [4.69, 9.17) is 0 Å². The monoisotopic (exact) mass is 338 g/mol. The lowest BCUT2D eigenvalue weighted by molar-refractivity contribution is -0.137. The summed E-state index contributed by atoms with van der Waals surface area (Å²) < 4.78 is 36.0. The molecular formula is C11H10BrF3N2O2. The van der Waals surface area contributed by atoms with E-state index < -0.39 is 31.1 Å². The Morgan fingerprint density at radius 1 is 1.16 bits per heavy atom. The van der Waals surface area contributed by atoms with Crippen molar-refractivity contribution in [3.8, 4) is 0 Å². The molecule has 0 aliphatic rings. The maximum absolute atomic E-state index is 11.8. The fourth-order valence-electron chi connectivity index (χ4n) is 1.16. The number of hydrogen-bond acceptors (Lipinski definition) is 2. The molecule has 0 spiro atoms. The van der Waals surface area contributed by atoms with Crippen LogP contribution in [-0.4, -0.2) is 31.1 Å². The third-order valence-electron chi connectivity index (χ3n) is 2.01. The van der Waals surface area contributed by atoms with Crippen molar-refractivity contribution in [2.75, 3.05) is 13.1 Å². The van der Waals surface area contributed by atoms with Crippen LogP contribution in [0.5, 0.6) is 0 Å². The van der Waals surface area contributed by atoms with Crippen LogP contribution < -0.4 is 10.6 Å². The molecule has 2 N–H and O–H groups in total. The summed E-state index contributed by atoms with van der Waals surface area (Å²) in [5, 5.41) is 3.88. The highest BCUT2D eigenvalue weighted by atomic mass is 79.9. The molecule has 0 bridgehead atoms. The van der Waals surface area contributed by atoms with Crippen LogP contribution in [0.25, 0.3) is 0 Å². The molecule has 0 saturated carbocycles. The summed E-state index contributed by atoms with van der Waals surface area (Å²) in [6.45, 7) is -1.94. The standard InChI is InChI=1S/C11H10BrF3N2O2/c12-8-4-2-1-3-7(8)10(19)16-5-9(18)17-6-11(13,14)15/h1-4H,5-6H2,(H,16,19)(H,17,18). The Hall–Kier alpha value is -1.57. The van der Waals surface area contributed by atoms with E-state index in [1.807, 2.05) is 0 Å². The molecule has 0 aliphatic carbocycles. The number of alkyl halides is 3. The zero-order valence-corrected chi connectivity index (χ0v) is 11.1. The van der Waals surface area contributed by atoms with E-state index in [1.165, 1.54) is 6.07 Å². The largest absolute Gasteiger partial charge is 0.405 e. The minimum absolute atomic E-state index is 0.297. The Balaban J connectivity index is 2.43. The minimum Gasteiger partial charge on any atom is -0.345 e. The first-order chi connectivity index (χ1) is 8.79. The summed E-state index contributed by atoms with van der Waals surface area (Å²) >= 11 is 3.15. The predicted molar refractivity (Wildman–Crippen MR) is 65.5 cm³/mol. The highest BCUT2D eigenvalue weighted by molar-refractivity contribution is 9.10. The Labute approximate surface area is 115 Å². The average molecular weight is 339 g/mol. The van der Waals surface area contributed by atoms with Crippen LogP contribution in [0.4, 0.5) is 13.2 Å². The van der Waals surface area contributed by atoms with Gasteiger partial charge in [0.15, 0.2) is 0 Å². The van der Waals surface area contributed by atoms with Gasteiger partial charge in [-0.05, 0) is 28.1 Å². The number of amides is 2. The lowest BCUT2D eigenvalue weighted by Gasteiger charge is -2.09. The Morgan fingerprint density at radius 2 is 1.79 bits per heavy atom. The molecular weight excluding hydrogens is 329 g/mol. The van der Waals surface area contributed by atoms with Gasteiger partial charge in [-0.1, -0.05) is 12.1 Å². The number of nitrogens with one attached hydrogen (secondary N) is 2. The van der Waals surface area contributed by atoms with Crippen molar-refractivity contribution in [2.45, 2.75) is 6.18 Å². The van der Waals surface area contributed by atoms with Crippen LogP contribution >= 0.6 is 15.9 Å². The van der Waals surface area contributed by atoms with Gasteiger partial charge < -0.3 is 10.6 Å². The maximum atomic E-state index is 11.8. The van der Waals surface area contributed by atoms with Crippen molar-refractivity contribution in [1.29, 1.82) is 0 Å². The van der Waals surface area contributed by atoms with Gasteiger partial charge in [0, 0.05) is 4.47 Å². The molecule has 0 atom stereocenters. The van der Waals surface area contributed by atoms with Crippen molar-refractivity contribution >= 4 is 27.7 Å². The van der Waals surface area contributed by atoms with E-state index in [2.05, 4.69) is 21.2 Å². The molecule has 0 aliphatic heterocycles. The van der Waals surface area contributed by atoms with E-state index in [0.717, 1.165) is 0 Å². The average Bonchev–Trinajstić information content (AvgIpc) is 2.33. The highest BCUT2D eigenvalue weighted by Crippen LogP contribution is 2.15. The zero-order chi connectivity index (χ0) is 14.5. The van der Waals surface area contributed by atoms with E-state index >= 15 is 0 Å². The van der Waals surface area contributed by atoms with Crippen molar-refractivity contribution in [1.82, 2.24) is 10.6 Å². The van der Waals surface area contributed by atoms with Gasteiger partial charge in [-0.15, -0.1) is 0 Å². The Morgan fingerprint density at radius 3 is 2.37 bits per heavy atom. The highest BCUT2D eigenvalue weighted by Gasteiger charge is 2.27. The molecule has 0 radical (unpaired) electrons. The number of rotatable bonds is 4. The van der Waals surface area contributed by atoms with Crippen molar-refractivity contribution in [2.24, 2.45) is 0 Å². The summed E-state index contributed by atoms with van der Waals surface area (Å²) in [5.41, 5.74) is 0.297. The SMILES string of the molecule is O=C(CNC(=O)c1ccccc1Br)NCC(F)(F)F. The molecule has 0 unspecified atom stereocenters. The summed E-state index contributed by atoms with van der Waals surface area (Å²) in [6.07, 6.45) is -4.47. The fourth-order valence-corrected chi connectivity index (χ4v) is 1.63. The van der Waals surface area contributed by atoms with E-state index in [0.29, 0.717) is 10.0 Å². The lowest BCUT2D eigenvalue weighted by atomic mass is 10.2. The number of carbonyl (C=O) groups is 2. The predicted octanol–water partition coefficient (Wildman–Crippen LogP) is 1.86. The smallest absolute Gasteiger partial charge is 0.345 e. The molecule has 0 heterocycles. The third-order valence-corrected chi connectivity index (χ3v) is 2.71. The number of halogens is 4. The maximum Gasteiger partial charge on any atom is 0.405 e. The first kappa shape index (κ1) is 15.5. The van der Waals surface area contributed by atoms with Crippen molar-refractivity contribution < 1.29 is 22.8 Å². The summed E-state index contributed by atoms with van der Waals surface area (Å²) in [5.74, 6) is -1.45. The fraction of sp³-hybridized carbons (Fsp3) is 0.273. The molecule has 1 aromatic carbocycles. The van der Waals surface area contributed by atoms with Gasteiger partial charge >= 0.3 is 6.18 Å². The molecule has 19 heavy (non-hydrogen) atoms. The van der Waals surface area contributed by atoms with Crippen LogP contribution in [0, 0.1) is 0 Å². The second kappa shape index (κ2) is 6.55. The quantitative estimate of drug-likeness (QED) is 0.880. The van der Waals surface area contributed by atoms with Gasteiger partial charge in [-0.25, -0.2) is 0 Å². The lowest BCUT2D eigenvalue weighted by Crippen LogP contribution is -2.40. The van der Waals surface area contributed by atoms with Crippen molar-refractivity contribution in [3.63, 3.8) is 0 Å². The topological polar surface area (TPSA) is 58.2 Å². The number of hydrogen-bond donors (Lipinski definition) is 2.